The molecule has 0 bridgehead atoms. The summed E-state index contributed by atoms with van der Waals surface area (Å²) >= 11 is 0. The highest BCUT2D eigenvalue weighted by Crippen LogP contribution is 2.23. The Bertz CT molecular complexity index is 500. The standard InChI is InChI=1S/C16H22FN3O/c17-13-4-1-2-6-15(13)20-10-7-12(8-11-20)19-14-5-3-9-18-16(14)21/h1-2,4,6,12,14,19H,3,5,7-11H2,(H,18,21)/t14-/m0/s1. The van der Waals surface area contributed by atoms with E-state index in [1.54, 1.807) is 6.07 Å². The molecule has 0 unspecified atom stereocenters. The molecule has 3 rings (SSSR count). The number of nitrogens with zero attached hydrogens (tertiary/aromatic N) is 1. The second-order valence-corrected chi connectivity index (χ2v) is 5.87. The van der Waals surface area contributed by atoms with Crippen LogP contribution in [0.5, 0.6) is 0 Å². The Morgan fingerprint density at radius 1 is 1.19 bits per heavy atom. The number of amides is 1. The van der Waals surface area contributed by atoms with E-state index in [1.807, 2.05) is 12.1 Å². The minimum Gasteiger partial charge on any atom is -0.369 e. The van der Waals surface area contributed by atoms with Crippen molar-refractivity contribution < 1.29 is 9.18 Å². The molecule has 1 amide bonds. The fraction of sp³-hybridized carbons (Fsp3) is 0.562. The molecule has 114 valence electrons. The molecular weight excluding hydrogens is 269 g/mol. The molecule has 1 atom stereocenters. The minimum atomic E-state index is -0.157. The van der Waals surface area contributed by atoms with Crippen LogP contribution in [-0.4, -0.2) is 37.6 Å². The third-order valence-electron chi connectivity index (χ3n) is 4.41. The van der Waals surface area contributed by atoms with Gasteiger partial charge in [-0.3, -0.25) is 4.79 Å². The molecule has 0 aromatic heterocycles. The number of rotatable bonds is 3. The first kappa shape index (κ1) is 14.3. The average Bonchev–Trinajstić information content (AvgIpc) is 2.51. The van der Waals surface area contributed by atoms with Gasteiger partial charge in [0.05, 0.1) is 11.7 Å². The van der Waals surface area contributed by atoms with Crippen LogP contribution in [-0.2, 0) is 4.79 Å². The van der Waals surface area contributed by atoms with Gasteiger partial charge in [0.25, 0.3) is 0 Å². The van der Waals surface area contributed by atoms with Gasteiger partial charge in [0.1, 0.15) is 5.82 Å². The lowest BCUT2D eigenvalue weighted by Gasteiger charge is -2.36. The van der Waals surface area contributed by atoms with Crippen molar-refractivity contribution in [3.05, 3.63) is 30.1 Å². The molecule has 1 aromatic rings. The number of anilines is 1. The third-order valence-corrected chi connectivity index (χ3v) is 4.41. The van der Waals surface area contributed by atoms with Crippen LogP contribution in [0.1, 0.15) is 25.7 Å². The molecule has 0 spiro atoms. The summed E-state index contributed by atoms with van der Waals surface area (Å²) in [5.74, 6) is -0.0339. The van der Waals surface area contributed by atoms with Gasteiger partial charge in [0.15, 0.2) is 0 Å². The molecule has 2 aliphatic heterocycles. The second kappa shape index (κ2) is 6.43. The van der Waals surface area contributed by atoms with Gasteiger partial charge in [0, 0.05) is 25.7 Å². The van der Waals surface area contributed by atoms with E-state index >= 15 is 0 Å². The van der Waals surface area contributed by atoms with Crippen LogP contribution in [0.3, 0.4) is 0 Å². The van der Waals surface area contributed by atoms with Gasteiger partial charge in [0.2, 0.25) is 5.91 Å². The maximum Gasteiger partial charge on any atom is 0.237 e. The first-order valence-corrected chi connectivity index (χ1v) is 7.77. The maximum atomic E-state index is 13.8. The van der Waals surface area contributed by atoms with E-state index in [0.29, 0.717) is 11.7 Å². The number of piperidine rings is 2. The molecule has 2 N–H and O–H groups in total. The average molecular weight is 291 g/mol. The van der Waals surface area contributed by atoms with Crippen LogP contribution in [0.15, 0.2) is 24.3 Å². The summed E-state index contributed by atoms with van der Waals surface area (Å²) in [4.78, 5) is 13.9. The fourth-order valence-corrected chi connectivity index (χ4v) is 3.21. The summed E-state index contributed by atoms with van der Waals surface area (Å²) in [5, 5.41) is 6.36. The van der Waals surface area contributed by atoms with E-state index in [1.165, 1.54) is 6.07 Å². The van der Waals surface area contributed by atoms with Crippen LogP contribution in [0, 0.1) is 5.82 Å². The summed E-state index contributed by atoms with van der Waals surface area (Å²) in [5.41, 5.74) is 0.686. The largest absolute Gasteiger partial charge is 0.369 e. The summed E-state index contributed by atoms with van der Waals surface area (Å²) in [6, 6.07) is 7.22. The van der Waals surface area contributed by atoms with Crippen molar-refractivity contribution in [2.75, 3.05) is 24.5 Å². The molecule has 2 fully saturated rings. The Hall–Kier alpha value is -1.62. The first-order valence-electron chi connectivity index (χ1n) is 7.77. The van der Waals surface area contributed by atoms with Gasteiger partial charge in [-0.15, -0.1) is 0 Å². The molecule has 2 aliphatic rings. The number of benzene rings is 1. The van der Waals surface area contributed by atoms with E-state index in [4.69, 9.17) is 0 Å². The Morgan fingerprint density at radius 2 is 1.95 bits per heavy atom. The highest BCUT2D eigenvalue weighted by atomic mass is 19.1. The summed E-state index contributed by atoms with van der Waals surface area (Å²) < 4.78 is 13.8. The smallest absolute Gasteiger partial charge is 0.237 e. The number of carbonyl (C=O) groups is 1. The van der Waals surface area contributed by atoms with Crippen LogP contribution < -0.4 is 15.5 Å². The van der Waals surface area contributed by atoms with Gasteiger partial charge >= 0.3 is 0 Å². The lowest BCUT2D eigenvalue weighted by Crippen LogP contribution is -2.54. The third kappa shape index (κ3) is 3.35. The zero-order valence-corrected chi connectivity index (χ0v) is 12.1. The first-order chi connectivity index (χ1) is 10.2. The maximum absolute atomic E-state index is 13.8. The molecule has 4 nitrogen and oxygen atoms in total. The summed E-state index contributed by atoms with van der Waals surface area (Å²) in [6.07, 6.45) is 3.84. The Labute approximate surface area is 124 Å². The van der Waals surface area contributed by atoms with Crippen LogP contribution in [0.25, 0.3) is 0 Å². The van der Waals surface area contributed by atoms with Gasteiger partial charge in [-0.1, -0.05) is 12.1 Å². The predicted molar refractivity (Wildman–Crippen MR) is 80.8 cm³/mol. The number of nitrogens with one attached hydrogen (secondary N) is 2. The van der Waals surface area contributed by atoms with Crippen molar-refractivity contribution >= 4 is 11.6 Å². The minimum absolute atomic E-state index is 0.0521. The molecular formula is C16H22FN3O. The van der Waals surface area contributed by atoms with Crippen LogP contribution in [0.2, 0.25) is 0 Å². The molecule has 0 aliphatic carbocycles. The van der Waals surface area contributed by atoms with Crippen molar-refractivity contribution in [2.24, 2.45) is 0 Å². The topological polar surface area (TPSA) is 44.4 Å². The van der Waals surface area contributed by atoms with Crippen molar-refractivity contribution in [3.63, 3.8) is 0 Å². The zero-order chi connectivity index (χ0) is 14.7. The highest BCUT2D eigenvalue weighted by molar-refractivity contribution is 5.82. The molecule has 5 heteroatoms. The molecule has 1 aromatic carbocycles. The van der Waals surface area contributed by atoms with Gasteiger partial charge < -0.3 is 15.5 Å². The van der Waals surface area contributed by atoms with E-state index in [-0.39, 0.29) is 17.8 Å². The highest BCUT2D eigenvalue weighted by Gasteiger charge is 2.27. The van der Waals surface area contributed by atoms with E-state index in [2.05, 4.69) is 15.5 Å². The van der Waals surface area contributed by atoms with Crippen molar-refractivity contribution in [1.82, 2.24) is 10.6 Å². The van der Waals surface area contributed by atoms with Gasteiger partial charge in [-0.25, -0.2) is 4.39 Å². The molecule has 21 heavy (non-hydrogen) atoms. The van der Waals surface area contributed by atoms with Crippen LogP contribution in [0.4, 0.5) is 10.1 Å². The van der Waals surface area contributed by atoms with Crippen molar-refractivity contribution in [1.29, 1.82) is 0 Å². The molecule has 2 heterocycles. The number of halogens is 1. The predicted octanol–water partition coefficient (Wildman–Crippen LogP) is 1.66. The van der Waals surface area contributed by atoms with Crippen LogP contribution >= 0.6 is 0 Å². The second-order valence-electron chi connectivity index (χ2n) is 5.87. The number of hydrogen-bond donors (Lipinski definition) is 2. The van der Waals surface area contributed by atoms with Gasteiger partial charge in [-0.2, -0.15) is 0 Å². The monoisotopic (exact) mass is 291 g/mol. The normalized spacial score (nSPS) is 24.0. The summed E-state index contributed by atoms with van der Waals surface area (Å²) in [6.45, 7) is 2.45. The van der Waals surface area contributed by atoms with Gasteiger partial charge in [-0.05, 0) is 37.8 Å². The Morgan fingerprint density at radius 3 is 2.67 bits per heavy atom. The van der Waals surface area contributed by atoms with Crippen molar-refractivity contribution in [2.45, 2.75) is 37.8 Å². The quantitative estimate of drug-likeness (QED) is 0.890. The fourth-order valence-electron chi connectivity index (χ4n) is 3.21. The Balaban J connectivity index is 1.53. The number of carbonyl (C=O) groups excluding carboxylic acids is 1. The lowest BCUT2D eigenvalue weighted by molar-refractivity contribution is -0.124. The summed E-state index contributed by atoms with van der Waals surface area (Å²) in [7, 11) is 0. The van der Waals surface area contributed by atoms with E-state index in [0.717, 1.165) is 45.3 Å². The number of para-hydroxylation sites is 1. The SMILES string of the molecule is O=C1NCCC[C@@H]1NC1CCN(c2ccccc2F)CC1. The number of hydrogen-bond acceptors (Lipinski definition) is 3. The zero-order valence-electron chi connectivity index (χ0n) is 12.1. The molecule has 0 saturated carbocycles. The lowest BCUT2D eigenvalue weighted by atomic mass is 10.00. The Kier molecular flexibility index (Phi) is 4.39. The molecule has 0 radical (unpaired) electrons. The van der Waals surface area contributed by atoms with Crippen molar-refractivity contribution in [3.8, 4) is 0 Å². The molecule has 2 saturated heterocycles. The van der Waals surface area contributed by atoms with E-state index in [9.17, 15) is 9.18 Å². The van der Waals surface area contributed by atoms with E-state index < -0.39 is 0 Å².